The number of aliphatic hydroxyl groups excluding tert-OH is 1. The van der Waals surface area contributed by atoms with Crippen LogP contribution in [0.15, 0.2) is 85.2 Å². The van der Waals surface area contributed by atoms with E-state index in [2.05, 4.69) is 98.5 Å². The number of halogens is 1. The van der Waals surface area contributed by atoms with Gasteiger partial charge in [0.05, 0.1) is 16.7 Å². The summed E-state index contributed by atoms with van der Waals surface area (Å²) in [5.41, 5.74) is 12.7. The quantitative estimate of drug-likeness (QED) is 0.130. The fourth-order valence-corrected chi connectivity index (χ4v) is 8.33. The molecule has 2 N–H and O–H groups in total. The molecule has 1 saturated heterocycles. The van der Waals surface area contributed by atoms with Gasteiger partial charge >= 0.3 is 5.97 Å². The van der Waals surface area contributed by atoms with E-state index >= 15 is 0 Å². The predicted octanol–water partition coefficient (Wildman–Crippen LogP) is 8.28. The van der Waals surface area contributed by atoms with Crippen molar-refractivity contribution in [2.45, 2.75) is 71.1 Å². The first-order chi connectivity index (χ1) is 26.5. The Morgan fingerprint density at radius 3 is 2.45 bits per heavy atom. The number of rotatable bonds is 12. The van der Waals surface area contributed by atoms with Crippen LogP contribution in [0, 0.1) is 25.2 Å². The molecule has 1 aromatic heterocycles. The number of aryl methyl sites for hydroxylation is 1. The van der Waals surface area contributed by atoms with E-state index in [4.69, 9.17) is 21.1 Å². The van der Waals surface area contributed by atoms with Gasteiger partial charge in [0.25, 0.3) is 0 Å². The molecule has 55 heavy (non-hydrogen) atoms. The van der Waals surface area contributed by atoms with Gasteiger partial charge in [0, 0.05) is 55.1 Å². The molecule has 4 aromatic carbocycles. The highest BCUT2D eigenvalue weighted by molar-refractivity contribution is 6.32. The number of pyridine rings is 1. The third-order valence-electron chi connectivity index (χ3n) is 11.0. The number of carboxylic acids is 1. The number of aliphatic carboxylic acids is 1. The maximum Gasteiger partial charge on any atom is 0.321 e. The van der Waals surface area contributed by atoms with E-state index in [9.17, 15) is 20.3 Å². The minimum Gasteiger partial charge on any atom is -0.488 e. The molecule has 10 heteroatoms. The first-order valence-corrected chi connectivity index (χ1v) is 18.9. The van der Waals surface area contributed by atoms with Crippen molar-refractivity contribution in [3.05, 3.63) is 135 Å². The number of ether oxygens (including phenoxy) is 2. The average molecular weight is 757 g/mol. The smallest absolute Gasteiger partial charge is 0.321 e. The fraction of sp³-hybridized carbons (Fsp3) is 0.311. The highest BCUT2D eigenvalue weighted by Crippen LogP contribution is 2.40. The summed E-state index contributed by atoms with van der Waals surface area (Å²) in [5, 5.41) is 29.8. The summed E-state index contributed by atoms with van der Waals surface area (Å²) in [5.74, 6) is -0.129. The molecule has 0 amide bonds. The minimum atomic E-state index is -0.995. The largest absolute Gasteiger partial charge is 0.488 e. The normalized spacial score (nSPS) is 18.0. The summed E-state index contributed by atoms with van der Waals surface area (Å²) in [6, 6.07) is 26.6. The number of nitriles is 1. The number of carbonyl (C=O) groups is 1. The molecule has 282 valence electrons. The first-order valence-electron chi connectivity index (χ1n) is 18.6. The second kappa shape index (κ2) is 16.2. The van der Waals surface area contributed by atoms with Crippen LogP contribution < -0.4 is 9.47 Å². The van der Waals surface area contributed by atoms with Crippen LogP contribution >= 0.6 is 11.6 Å². The molecule has 2 heterocycles. The van der Waals surface area contributed by atoms with Crippen molar-refractivity contribution in [1.29, 1.82) is 5.26 Å². The number of aliphatic hydroxyl groups is 1. The minimum absolute atomic E-state index is 0.114. The van der Waals surface area contributed by atoms with E-state index < -0.39 is 18.1 Å². The molecular formula is C45H45ClN4O5. The molecule has 0 saturated carbocycles. The van der Waals surface area contributed by atoms with Gasteiger partial charge in [-0.1, -0.05) is 66.2 Å². The number of β-amino-alcohol motifs (C(OH)–C–C–N with tert-alkyl or cyclic N) is 1. The second-order valence-electron chi connectivity index (χ2n) is 14.8. The highest BCUT2D eigenvalue weighted by Gasteiger charge is 2.36. The van der Waals surface area contributed by atoms with E-state index in [1.807, 2.05) is 0 Å². The lowest BCUT2D eigenvalue weighted by Crippen LogP contribution is -2.35. The Balaban J connectivity index is 1.14. The third-order valence-corrected chi connectivity index (χ3v) is 11.3. The van der Waals surface area contributed by atoms with Gasteiger partial charge in [-0.15, -0.1) is 0 Å². The Morgan fingerprint density at radius 1 is 0.945 bits per heavy atom. The maximum absolute atomic E-state index is 12.0. The molecule has 7 rings (SSSR count). The Bertz CT molecular complexity index is 2280. The Hall–Kier alpha value is -5.24. The van der Waals surface area contributed by atoms with E-state index in [0.29, 0.717) is 39.3 Å². The molecule has 1 aliphatic heterocycles. The molecule has 1 fully saturated rings. The SMILES string of the molecule is Cc1c(COc2cc(OCc3cncc(C#N)c3)c(CN3C[C@@H](O)C[C@H]3C(=O)O)cc2Cl)cccc1-c1cccc(-c2ccc3c(c2)CC[C@H]3N(C)C)c1C. The van der Waals surface area contributed by atoms with Gasteiger partial charge in [-0.25, -0.2) is 0 Å². The Morgan fingerprint density at radius 2 is 1.69 bits per heavy atom. The molecule has 3 atom stereocenters. The lowest BCUT2D eigenvalue weighted by Gasteiger charge is -2.23. The van der Waals surface area contributed by atoms with E-state index in [1.165, 1.54) is 39.6 Å². The van der Waals surface area contributed by atoms with Crippen molar-refractivity contribution >= 4 is 17.6 Å². The Labute approximate surface area is 327 Å². The standard InChI is InChI=1S/C45H45ClN4O5/c1-27-33(7-5-9-37(27)38-10-6-8-36(28(38)2)31-11-13-39-32(16-31)12-14-41(39)49(3)4)26-55-44-19-43(54-25-30-15-29(20-47)21-48-22-30)34(17-40(44)46)23-50-24-35(51)18-42(50)45(52)53/h5-11,13,15-17,19,21-22,35,41-42,51H,12,14,18,23-26H2,1-4H3,(H,52,53)/t35-,41+,42-/m0/s1. The average Bonchev–Trinajstić information content (AvgIpc) is 3.77. The monoisotopic (exact) mass is 756 g/mol. The van der Waals surface area contributed by atoms with Crippen LogP contribution in [-0.4, -0.2) is 63.8 Å². The molecule has 5 aromatic rings. The van der Waals surface area contributed by atoms with Crippen molar-refractivity contribution in [3.8, 4) is 39.8 Å². The van der Waals surface area contributed by atoms with Gasteiger partial charge in [-0.05, 0) is 103 Å². The van der Waals surface area contributed by atoms with Crippen molar-refractivity contribution in [2.75, 3.05) is 20.6 Å². The van der Waals surface area contributed by atoms with Crippen LogP contribution in [0.4, 0.5) is 0 Å². The Kier molecular flexibility index (Phi) is 11.2. The van der Waals surface area contributed by atoms with Crippen LogP contribution in [0.1, 0.15) is 63.4 Å². The summed E-state index contributed by atoms with van der Waals surface area (Å²) >= 11 is 6.85. The molecule has 1 aliphatic carbocycles. The van der Waals surface area contributed by atoms with Gasteiger partial charge in [-0.2, -0.15) is 5.26 Å². The van der Waals surface area contributed by atoms with Crippen molar-refractivity contribution in [1.82, 2.24) is 14.8 Å². The summed E-state index contributed by atoms with van der Waals surface area (Å²) in [6.45, 7) is 5.08. The number of fused-ring (bicyclic) bond motifs is 1. The lowest BCUT2D eigenvalue weighted by molar-refractivity contribution is -0.142. The zero-order valence-electron chi connectivity index (χ0n) is 31.6. The van der Waals surface area contributed by atoms with Gasteiger partial charge in [0.1, 0.15) is 36.8 Å². The van der Waals surface area contributed by atoms with Crippen LogP contribution in [0.3, 0.4) is 0 Å². The first kappa shape index (κ1) is 38.1. The number of likely N-dealkylation sites (tertiary alicyclic amines) is 1. The van der Waals surface area contributed by atoms with Crippen LogP contribution in [0.5, 0.6) is 11.5 Å². The number of aromatic nitrogens is 1. The summed E-state index contributed by atoms with van der Waals surface area (Å²) in [6.07, 6.45) is 4.74. The van der Waals surface area contributed by atoms with Crippen molar-refractivity contribution < 1.29 is 24.5 Å². The van der Waals surface area contributed by atoms with Gasteiger partial charge in [0.15, 0.2) is 0 Å². The number of hydrogen-bond donors (Lipinski definition) is 2. The topological polar surface area (TPSA) is 119 Å². The zero-order valence-corrected chi connectivity index (χ0v) is 32.3. The summed E-state index contributed by atoms with van der Waals surface area (Å²) in [7, 11) is 4.31. The number of hydrogen-bond acceptors (Lipinski definition) is 8. The molecule has 0 radical (unpaired) electrons. The van der Waals surface area contributed by atoms with Crippen LogP contribution in [0.2, 0.25) is 5.02 Å². The molecule has 0 spiro atoms. The fourth-order valence-electron chi connectivity index (χ4n) is 8.09. The predicted molar refractivity (Wildman–Crippen MR) is 213 cm³/mol. The number of benzene rings is 4. The zero-order chi connectivity index (χ0) is 38.8. The molecule has 9 nitrogen and oxygen atoms in total. The van der Waals surface area contributed by atoms with E-state index in [1.54, 1.807) is 29.3 Å². The van der Waals surface area contributed by atoms with Crippen molar-refractivity contribution in [2.24, 2.45) is 0 Å². The summed E-state index contributed by atoms with van der Waals surface area (Å²) < 4.78 is 12.7. The maximum atomic E-state index is 12.0. The van der Waals surface area contributed by atoms with E-state index in [-0.39, 0.29) is 32.7 Å². The van der Waals surface area contributed by atoms with Gasteiger partial charge in [0.2, 0.25) is 0 Å². The molecule has 2 aliphatic rings. The number of nitrogens with zero attached hydrogens (tertiary/aromatic N) is 4. The second-order valence-corrected chi connectivity index (χ2v) is 15.2. The van der Waals surface area contributed by atoms with Gasteiger partial charge < -0.3 is 24.6 Å². The number of carboxylic acid groups (broad SMARTS) is 1. The third kappa shape index (κ3) is 8.10. The van der Waals surface area contributed by atoms with Crippen molar-refractivity contribution in [3.63, 3.8) is 0 Å². The lowest BCUT2D eigenvalue weighted by atomic mass is 9.89. The molecular weight excluding hydrogens is 712 g/mol. The van der Waals surface area contributed by atoms with E-state index in [0.717, 1.165) is 29.5 Å². The van der Waals surface area contributed by atoms with Crippen LogP contribution in [0.25, 0.3) is 22.3 Å². The van der Waals surface area contributed by atoms with Crippen LogP contribution in [-0.2, 0) is 31.0 Å². The molecule has 0 unspecified atom stereocenters. The molecule has 0 bridgehead atoms. The van der Waals surface area contributed by atoms with Gasteiger partial charge in [-0.3, -0.25) is 14.7 Å². The summed E-state index contributed by atoms with van der Waals surface area (Å²) in [4.78, 5) is 20.1. The highest BCUT2D eigenvalue weighted by atomic mass is 35.5.